The van der Waals surface area contributed by atoms with Gasteiger partial charge in [0.05, 0.1) is 17.9 Å². The van der Waals surface area contributed by atoms with Crippen LogP contribution in [-0.4, -0.2) is 67.0 Å². The monoisotopic (exact) mass is 453 g/mol. The maximum absolute atomic E-state index is 13.4. The molecule has 0 N–H and O–H groups in total. The molecule has 3 heterocycles. The number of hydrogen-bond acceptors (Lipinski definition) is 5. The van der Waals surface area contributed by atoms with Crippen LogP contribution in [0.4, 0.5) is 5.69 Å². The molecule has 0 aliphatic carbocycles. The van der Waals surface area contributed by atoms with Crippen molar-refractivity contribution < 1.29 is 4.79 Å². The van der Waals surface area contributed by atoms with Crippen molar-refractivity contribution in [3.8, 4) is 0 Å². The summed E-state index contributed by atoms with van der Waals surface area (Å²) in [6.07, 6.45) is 1.88. The Bertz CT molecular complexity index is 1150. The van der Waals surface area contributed by atoms with E-state index in [-0.39, 0.29) is 12.5 Å². The van der Waals surface area contributed by atoms with Gasteiger partial charge < -0.3 is 9.80 Å². The molecule has 0 saturated carbocycles. The SMILES string of the molecule is CN1CCN(/C=C2\N=C3CN=C(c4ccccc4Cl)c4cc(Cl)ccc4N3C2=O)CC1. The van der Waals surface area contributed by atoms with E-state index in [0.717, 1.165) is 37.3 Å². The van der Waals surface area contributed by atoms with Gasteiger partial charge in [-0.25, -0.2) is 4.99 Å². The number of carbonyl (C=O) groups is 1. The minimum absolute atomic E-state index is 0.145. The second-order valence-corrected chi connectivity index (χ2v) is 8.67. The number of rotatable bonds is 2. The molecule has 2 aromatic rings. The average Bonchev–Trinajstić information content (AvgIpc) is 2.97. The van der Waals surface area contributed by atoms with E-state index in [1.54, 1.807) is 11.0 Å². The van der Waals surface area contributed by atoms with Crippen LogP contribution >= 0.6 is 23.2 Å². The molecule has 31 heavy (non-hydrogen) atoms. The van der Waals surface area contributed by atoms with Gasteiger partial charge in [0.25, 0.3) is 5.91 Å². The van der Waals surface area contributed by atoms with Crippen LogP contribution in [0.3, 0.4) is 0 Å². The summed E-state index contributed by atoms with van der Waals surface area (Å²) < 4.78 is 0. The van der Waals surface area contributed by atoms with Crippen LogP contribution in [0.2, 0.25) is 10.0 Å². The number of piperazine rings is 1. The van der Waals surface area contributed by atoms with Crippen molar-refractivity contribution in [3.63, 3.8) is 0 Å². The molecule has 6 nitrogen and oxygen atoms in total. The van der Waals surface area contributed by atoms with E-state index < -0.39 is 0 Å². The second-order valence-electron chi connectivity index (χ2n) is 7.83. The maximum Gasteiger partial charge on any atom is 0.284 e. The summed E-state index contributed by atoms with van der Waals surface area (Å²) in [6, 6.07) is 13.0. The zero-order valence-corrected chi connectivity index (χ0v) is 18.6. The number of hydrogen-bond donors (Lipinski definition) is 0. The zero-order chi connectivity index (χ0) is 21.5. The van der Waals surface area contributed by atoms with Gasteiger partial charge in [0, 0.05) is 53.6 Å². The smallest absolute Gasteiger partial charge is 0.284 e. The first-order chi connectivity index (χ1) is 15.0. The molecular weight excluding hydrogens is 433 g/mol. The highest BCUT2D eigenvalue weighted by atomic mass is 35.5. The molecule has 0 unspecified atom stereocenters. The fourth-order valence-electron chi connectivity index (χ4n) is 4.04. The lowest BCUT2D eigenvalue weighted by atomic mass is 10.00. The van der Waals surface area contributed by atoms with Crippen molar-refractivity contribution in [2.75, 3.05) is 44.7 Å². The highest BCUT2D eigenvalue weighted by Gasteiger charge is 2.36. The minimum Gasteiger partial charge on any atom is -0.373 e. The highest BCUT2D eigenvalue weighted by molar-refractivity contribution is 6.38. The van der Waals surface area contributed by atoms with Crippen LogP contribution in [0.1, 0.15) is 11.1 Å². The van der Waals surface area contributed by atoms with Crippen LogP contribution < -0.4 is 4.90 Å². The third-order valence-corrected chi connectivity index (χ3v) is 6.30. The molecule has 158 valence electrons. The molecule has 8 heteroatoms. The Labute approximate surface area is 191 Å². The van der Waals surface area contributed by atoms with Gasteiger partial charge in [0.15, 0.2) is 0 Å². The average molecular weight is 454 g/mol. The summed E-state index contributed by atoms with van der Waals surface area (Å²) in [5.41, 5.74) is 3.43. The molecular formula is C23H21Cl2N5O. The Balaban J connectivity index is 1.58. The summed E-state index contributed by atoms with van der Waals surface area (Å²) in [4.78, 5) is 28.9. The number of carbonyl (C=O) groups excluding carboxylic acids is 1. The number of amides is 1. The standard InChI is InChI=1S/C23H21Cl2N5O/c1-28-8-10-29(11-9-28)14-19-23(31)30-20-7-6-15(24)12-17(20)22(26-13-21(30)27-19)16-4-2-3-5-18(16)25/h2-7,12,14H,8-11,13H2,1H3/b19-14-. The second kappa shape index (κ2) is 8.11. The van der Waals surface area contributed by atoms with E-state index >= 15 is 0 Å². The van der Waals surface area contributed by atoms with Gasteiger partial charge in [0.1, 0.15) is 11.5 Å². The minimum atomic E-state index is -0.145. The molecule has 1 amide bonds. The van der Waals surface area contributed by atoms with Crippen LogP contribution in [0.5, 0.6) is 0 Å². The van der Waals surface area contributed by atoms with E-state index in [1.165, 1.54) is 0 Å². The van der Waals surface area contributed by atoms with Gasteiger partial charge in [0.2, 0.25) is 0 Å². The largest absolute Gasteiger partial charge is 0.373 e. The third-order valence-electron chi connectivity index (χ3n) is 5.73. The molecule has 0 atom stereocenters. The first kappa shape index (κ1) is 20.2. The van der Waals surface area contributed by atoms with Gasteiger partial charge >= 0.3 is 0 Å². The normalized spacial score (nSPS) is 20.4. The van der Waals surface area contributed by atoms with Crippen molar-refractivity contribution in [2.45, 2.75) is 0 Å². The van der Waals surface area contributed by atoms with Gasteiger partial charge in [-0.1, -0.05) is 41.4 Å². The van der Waals surface area contributed by atoms with Crippen molar-refractivity contribution in [3.05, 3.63) is 75.5 Å². The lowest BCUT2D eigenvalue weighted by Crippen LogP contribution is -2.42. The van der Waals surface area contributed by atoms with Crippen molar-refractivity contribution in [2.24, 2.45) is 9.98 Å². The third kappa shape index (κ3) is 3.76. The van der Waals surface area contributed by atoms with Gasteiger partial charge in [-0.2, -0.15) is 0 Å². The van der Waals surface area contributed by atoms with Gasteiger partial charge in [-0.3, -0.25) is 14.7 Å². The van der Waals surface area contributed by atoms with E-state index in [1.807, 2.05) is 42.6 Å². The van der Waals surface area contributed by atoms with Crippen LogP contribution in [0.25, 0.3) is 0 Å². The van der Waals surface area contributed by atoms with Crippen LogP contribution in [0, 0.1) is 0 Å². The first-order valence-electron chi connectivity index (χ1n) is 10.2. The predicted molar refractivity (Wildman–Crippen MR) is 125 cm³/mol. The predicted octanol–water partition coefficient (Wildman–Crippen LogP) is 3.68. The molecule has 0 spiro atoms. The molecule has 3 aliphatic rings. The molecule has 1 saturated heterocycles. The molecule has 3 aliphatic heterocycles. The highest BCUT2D eigenvalue weighted by Crippen LogP contribution is 2.34. The number of benzene rings is 2. The Hall–Kier alpha value is -2.67. The van der Waals surface area contributed by atoms with Crippen LogP contribution in [-0.2, 0) is 4.79 Å². The molecule has 0 aromatic heterocycles. The molecule has 0 bridgehead atoms. The van der Waals surface area contributed by atoms with E-state index in [0.29, 0.717) is 33.0 Å². The molecule has 2 aromatic carbocycles. The summed E-state index contributed by atoms with van der Waals surface area (Å²) >= 11 is 12.8. The number of halogens is 2. The Kier molecular flexibility index (Phi) is 5.30. The fraction of sp³-hybridized carbons (Fsp3) is 0.261. The van der Waals surface area contributed by atoms with Crippen LogP contribution in [0.15, 0.2) is 64.3 Å². The number of likely N-dealkylation sites (N-methyl/N-ethyl adjacent to an activating group) is 1. The summed E-state index contributed by atoms with van der Waals surface area (Å²) in [5.74, 6) is 0.462. The number of anilines is 1. The summed E-state index contributed by atoms with van der Waals surface area (Å²) in [7, 11) is 2.10. The van der Waals surface area contributed by atoms with Gasteiger partial charge in [-0.05, 0) is 31.3 Å². The lowest BCUT2D eigenvalue weighted by molar-refractivity contribution is -0.114. The molecule has 5 rings (SSSR count). The number of fused-ring (bicyclic) bond motifs is 3. The topological polar surface area (TPSA) is 51.5 Å². The zero-order valence-electron chi connectivity index (χ0n) is 17.1. The Morgan fingerprint density at radius 1 is 1.00 bits per heavy atom. The first-order valence-corrected chi connectivity index (χ1v) is 10.9. The maximum atomic E-state index is 13.4. The lowest BCUT2D eigenvalue weighted by Gasteiger charge is -2.31. The van der Waals surface area contributed by atoms with Crippen molar-refractivity contribution >= 4 is 46.3 Å². The summed E-state index contributed by atoms with van der Waals surface area (Å²) in [5, 5.41) is 1.16. The Morgan fingerprint density at radius 3 is 2.55 bits per heavy atom. The number of aliphatic imine (C=N–C) groups is 2. The summed E-state index contributed by atoms with van der Waals surface area (Å²) in [6.45, 7) is 3.95. The van der Waals surface area contributed by atoms with E-state index in [9.17, 15) is 4.79 Å². The Morgan fingerprint density at radius 2 is 1.77 bits per heavy atom. The van der Waals surface area contributed by atoms with Gasteiger partial charge in [-0.15, -0.1) is 0 Å². The van der Waals surface area contributed by atoms with E-state index in [2.05, 4.69) is 21.8 Å². The quantitative estimate of drug-likeness (QED) is 0.651. The van der Waals surface area contributed by atoms with Crippen molar-refractivity contribution in [1.29, 1.82) is 0 Å². The fourth-order valence-corrected chi connectivity index (χ4v) is 4.44. The molecule has 0 radical (unpaired) electrons. The number of amidine groups is 1. The number of nitrogens with zero attached hydrogens (tertiary/aromatic N) is 5. The van der Waals surface area contributed by atoms with Crippen molar-refractivity contribution in [1.82, 2.24) is 9.80 Å². The molecule has 1 fully saturated rings. The van der Waals surface area contributed by atoms with E-state index in [4.69, 9.17) is 28.2 Å².